The van der Waals surface area contributed by atoms with Crippen LogP contribution in [0.3, 0.4) is 0 Å². The van der Waals surface area contributed by atoms with Crippen LogP contribution in [0.25, 0.3) is 0 Å². The first kappa shape index (κ1) is 21.4. The molecule has 0 radical (unpaired) electrons. The minimum Gasteiger partial charge on any atom is -0.493 e. The van der Waals surface area contributed by atoms with Crippen LogP contribution in [0.15, 0.2) is 18.2 Å². The van der Waals surface area contributed by atoms with Crippen LogP contribution in [0.4, 0.5) is 0 Å². The number of nitrogens with zero attached hydrogens (tertiary/aromatic N) is 1. The van der Waals surface area contributed by atoms with E-state index < -0.39 is 18.1 Å². The van der Waals surface area contributed by atoms with E-state index >= 15 is 0 Å². The van der Waals surface area contributed by atoms with Crippen LogP contribution in [-0.4, -0.2) is 60.5 Å². The van der Waals surface area contributed by atoms with Crippen molar-refractivity contribution in [2.45, 2.75) is 51.6 Å². The van der Waals surface area contributed by atoms with Gasteiger partial charge in [-0.05, 0) is 55.2 Å². The van der Waals surface area contributed by atoms with Crippen LogP contribution >= 0.6 is 0 Å². The van der Waals surface area contributed by atoms with Crippen LogP contribution < -0.4 is 9.47 Å². The van der Waals surface area contributed by atoms with Crippen LogP contribution in [0.5, 0.6) is 11.5 Å². The first-order valence-corrected chi connectivity index (χ1v) is 11.3. The molecule has 4 unspecified atom stereocenters. The highest BCUT2D eigenvalue weighted by atomic mass is 16.5. The zero-order valence-electron chi connectivity index (χ0n) is 18.3. The average molecular weight is 418 g/mol. The van der Waals surface area contributed by atoms with E-state index in [9.17, 15) is 15.0 Å². The van der Waals surface area contributed by atoms with Gasteiger partial charge in [-0.2, -0.15) is 0 Å². The Balaban J connectivity index is 1.54. The molecule has 0 spiro atoms. The minimum atomic E-state index is -0.597. The van der Waals surface area contributed by atoms with Crippen LogP contribution in [0.2, 0.25) is 0 Å². The smallest absolute Gasteiger partial charge is 0.248 e. The Morgan fingerprint density at radius 2 is 1.97 bits per heavy atom. The minimum absolute atomic E-state index is 0.0511. The second kappa shape index (κ2) is 8.39. The summed E-state index contributed by atoms with van der Waals surface area (Å²) >= 11 is 0. The van der Waals surface area contributed by atoms with Gasteiger partial charge in [-0.25, -0.2) is 0 Å². The number of benzene rings is 1. The molecule has 1 aromatic rings. The zero-order chi connectivity index (χ0) is 21.5. The molecule has 1 saturated heterocycles. The Bertz CT molecular complexity index is 769. The SMILES string of the molecule is COc1ccc(C2CN(C(=O)CO)CC2(C)[C@@H](C)O)cc1OCC1C2CCCCC21. The number of fused-ring (bicyclic) bond motifs is 1. The fraction of sp³-hybridized carbons (Fsp3) is 0.708. The van der Waals surface area contributed by atoms with Gasteiger partial charge in [0.25, 0.3) is 0 Å². The maximum absolute atomic E-state index is 12.1. The Morgan fingerprint density at radius 3 is 2.57 bits per heavy atom. The van der Waals surface area contributed by atoms with E-state index in [1.165, 1.54) is 25.7 Å². The Labute approximate surface area is 179 Å². The maximum Gasteiger partial charge on any atom is 0.248 e. The molecular weight excluding hydrogens is 382 g/mol. The van der Waals surface area contributed by atoms with E-state index in [0.717, 1.165) is 29.8 Å². The van der Waals surface area contributed by atoms with Gasteiger partial charge in [-0.15, -0.1) is 0 Å². The number of rotatable bonds is 7. The largest absolute Gasteiger partial charge is 0.493 e. The number of aliphatic hydroxyl groups is 2. The molecule has 1 aromatic carbocycles. The lowest BCUT2D eigenvalue weighted by Gasteiger charge is -2.33. The van der Waals surface area contributed by atoms with Crippen molar-refractivity contribution in [2.24, 2.45) is 23.2 Å². The standard InChI is InChI=1S/C24H35NO5/c1-15(27)24(2)14-25(23(28)12-26)11-20(24)16-8-9-21(29-3)22(10-16)30-13-19-17-6-4-5-7-18(17)19/h8-10,15,17-20,26-27H,4-7,11-14H2,1-3H3/t15-,17?,18?,19?,20?,24?/m1/s1. The van der Waals surface area contributed by atoms with Gasteiger partial charge in [-0.1, -0.05) is 25.8 Å². The summed E-state index contributed by atoms with van der Waals surface area (Å²) in [4.78, 5) is 13.8. The molecule has 0 aromatic heterocycles. The predicted octanol–water partition coefficient (Wildman–Crippen LogP) is 2.82. The molecule has 2 saturated carbocycles. The molecule has 3 aliphatic rings. The number of likely N-dealkylation sites (tertiary alicyclic amines) is 1. The van der Waals surface area contributed by atoms with Gasteiger partial charge >= 0.3 is 0 Å². The van der Waals surface area contributed by atoms with Gasteiger partial charge in [0.2, 0.25) is 5.91 Å². The fourth-order valence-electron chi connectivity index (χ4n) is 5.81. The predicted molar refractivity (Wildman–Crippen MR) is 114 cm³/mol. The van der Waals surface area contributed by atoms with Crippen molar-refractivity contribution in [1.82, 2.24) is 4.90 Å². The summed E-state index contributed by atoms with van der Waals surface area (Å²) in [5.41, 5.74) is 0.526. The monoisotopic (exact) mass is 417 g/mol. The first-order chi connectivity index (χ1) is 14.4. The molecular formula is C24H35NO5. The highest BCUT2D eigenvalue weighted by Gasteiger charge is 2.51. The molecule has 5 atom stereocenters. The number of hydrogen-bond acceptors (Lipinski definition) is 5. The van der Waals surface area contributed by atoms with Crippen LogP contribution in [0, 0.1) is 23.2 Å². The number of ether oxygens (including phenoxy) is 2. The lowest BCUT2D eigenvalue weighted by molar-refractivity contribution is -0.133. The van der Waals surface area contributed by atoms with Gasteiger partial charge in [0.05, 0.1) is 19.8 Å². The Hall–Kier alpha value is -1.79. The fourth-order valence-corrected chi connectivity index (χ4v) is 5.81. The highest BCUT2D eigenvalue weighted by Crippen LogP contribution is 2.55. The number of hydrogen-bond donors (Lipinski definition) is 2. The van der Waals surface area contributed by atoms with E-state index in [0.29, 0.717) is 24.8 Å². The molecule has 6 nitrogen and oxygen atoms in total. The van der Waals surface area contributed by atoms with Crippen LogP contribution in [-0.2, 0) is 4.79 Å². The normalized spacial score (nSPS) is 33.7. The number of carbonyl (C=O) groups is 1. The van der Waals surface area contributed by atoms with Crippen molar-refractivity contribution in [3.05, 3.63) is 23.8 Å². The van der Waals surface area contributed by atoms with Gasteiger partial charge in [0, 0.05) is 24.4 Å². The Morgan fingerprint density at radius 1 is 1.27 bits per heavy atom. The van der Waals surface area contributed by atoms with E-state index in [-0.39, 0.29) is 11.8 Å². The highest BCUT2D eigenvalue weighted by molar-refractivity contribution is 5.77. The zero-order valence-corrected chi connectivity index (χ0v) is 18.3. The molecule has 1 amide bonds. The van der Waals surface area contributed by atoms with E-state index in [1.54, 1.807) is 18.9 Å². The van der Waals surface area contributed by atoms with Crippen molar-refractivity contribution in [3.8, 4) is 11.5 Å². The van der Waals surface area contributed by atoms with Gasteiger partial charge < -0.3 is 24.6 Å². The molecule has 2 N–H and O–H groups in total. The topological polar surface area (TPSA) is 79.2 Å². The Kier molecular flexibility index (Phi) is 5.99. The van der Waals surface area contributed by atoms with Crippen molar-refractivity contribution >= 4 is 5.91 Å². The summed E-state index contributed by atoms with van der Waals surface area (Å²) in [6.45, 7) is 4.88. The molecule has 3 fully saturated rings. The molecule has 1 heterocycles. The van der Waals surface area contributed by atoms with Crippen LogP contribution in [0.1, 0.15) is 51.0 Å². The van der Waals surface area contributed by atoms with E-state index in [4.69, 9.17) is 9.47 Å². The molecule has 4 rings (SSSR count). The van der Waals surface area contributed by atoms with Gasteiger partial charge in [-0.3, -0.25) is 4.79 Å². The second-order valence-electron chi connectivity index (χ2n) is 9.66. The van der Waals surface area contributed by atoms with E-state index in [2.05, 4.69) is 0 Å². The third kappa shape index (κ3) is 3.80. The van der Waals surface area contributed by atoms with Gasteiger partial charge in [0.1, 0.15) is 6.61 Å². The summed E-state index contributed by atoms with van der Waals surface area (Å²) in [6, 6.07) is 5.94. The summed E-state index contributed by atoms with van der Waals surface area (Å²) in [7, 11) is 1.65. The van der Waals surface area contributed by atoms with Crippen molar-refractivity contribution < 1.29 is 24.5 Å². The van der Waals surface area contributed by atoms with Crippen molar-refractivity contribution in [3.63, 3.8) is 0 Å². The average Bonchev–Trinajstić information content (AvgIpc) is 3.34. The molecule has 30 heavy (non-hydrogen) atoms. The summed E-state index contributed by atoms with van der Waals surface area (Å²) in [5, 5.41) is 19.8. The lowest BCUT2D eigenvalue weighted by Crippen LogP contribution is -2.38. The molecule has 2 aliphatic carbocycles. The lowest BCUT2D eigenvalue weighted by atomic mass is 9.72. The molecule has 166 valence electrons. The summed E-state index contributed by atoms with van der Waals surface area (Å²) < 4.78 is 11.8. The third-order valence-electron chi connectivity index (χ3n) is 8.03. The molecule has 1 aliphatic heterocycles. The second-order valence-corrected chi connectivity index (χ2v) is 9.66. The maximum atomic E-state index is 12.1. The quantitative estimate of drug-likeness (QED) is 0.713. The summed E-state index contributed by atoms with van der Waals surface area (Å²) in [6.07, 6.45) is 4.76. The van der Waals surface area contributed by atoms with Crippen molar-refractivity contribution in [1.29, 1.82) is 0 Å². The third-order valence-corrected chi connectivity index (χ3v) is 8.03. The van der Waals surface area contributed by atoms with Crippen molar-refractivity contribution in [2.75, 3.05) is 33.4 Å². The number of aliphatic hydroxyl groups excluding tert-OH is 2. The molecule has 0 bridgehead atoms. The first-order valence-electron chi connectivity index (χ1n) is 11.3. The summed E-state index contributed by atoms with van der Waals surface area (Å²) in [5.74, 6) is 3.42. The number of carbonyl (C=O) groups excluding carboxylic acids is 1. The number of amides is 1. The number of methoxy groups -OCH3 is 1. The van der Waals surface area contributed by atoms with E-state index in [1.807, 2.05) is 25.1 Å². The van der Waals surface area contributed by atoms with Gasteiger partial charge in [0.15, 0.2) is 11.5 Å². The molecule has 6 heteroatoms.